The van der Waals surface area contributed by atoms with Gasteiger partial charge in [-0.25, -0.2) is 4.98 Å². The largest absolute Gasteiger partial charge is 0.493 e. The van der Waals surface area contributed by atoms with Crippen LogP contribution in [0.2, 0.25) is 0 Å². The van der Waals surface area contributed by atoms with Gasteiger partial charge in [-0.3, -0.25) is 4.79 Å². The maximum Gasteiger partial charge on any atom is 0.254 e. The van der Waals surface area contributed by atoms with Gasteiger partial charge in [0.2, 0.25) is 0 Å². The summed E-state index contributed by atoms with van der Waals surface area (Å²) in [6, 6.07) is 9.56. The number of H-pyrrole nitrogens is 1. The van der Waals surface area contributed by atoms with E-state index in [1.807, 2.05) is 29.4 Å². The molecule has 1 N–H and O–H groups in total. The maximum absolute atomic E-state index is 12.9. The van der Waals surface area contributed by atoms with Gasteiger partial charge in [-0.2, -0.15) is 0 Å². The fraction of sp³-hybridized carbons (Fsp3) is 0.455. The summed E-state index contributed by atoms with van der Waals surface area (Å²) in [6.45, 7) is 8.02. The molecule has 28 heavy (non-hydrogen) atoms. The quantitative estimate of drug-likeness (QED) is 0.737. The first kappa shape index (κ1) is 20.0. The average Bonchev–Trinajstić information content (AvgIpc) is 2.74. The molecule has 0 spiro atoms. The molecule has 6 heteroatoms. The van der Waals surface area contributed by atoms with Crippen molar-refractivity contribution in [1.29, 1.82) is 0 Å². The van der Waals surface area contributed by atoms with Gasteiger partial charge in [0.25, 0.3) is 5.91 Å². The zero-order valence-electron chi connectivity index (χ0n) is 17.0. The van der Waals surface area contributed by atoms with Gasteiger partial charge < -0.3 is 19.3 Å². The van der Waals surface area contributed by atoms with Crippen molar-refractivity contribution in [3.63, 3.8) is 0 Å². The SMILES string of the molecule is COc1cc(C(=O)N2CCN(c3cc[nH+]cc3)CC2)ccc1OCCC(C)C. The van der Waals surface area contributed by atoms with Crippen LogP contribution in [0.25, 0.3) is 0 Å². The Kier molecular flexibility index (Phi) is 6.74. The predicted octanol–water partition coefficient (Wildman–Crippen LogP) is 2.90. The molecular weight excluding hydrogens is 354 g/mol. The monoisotopic (exact) mass is 384 g/mol. The van der Waals surface area contributed by atoms with Crippen molar-refractivity contribution in [3.05, 3.63) is 48.3 Å². The number of pyridine rings is 1. The van der Waals surface area contributed by atoms with Crippen molar-refractivity contribution in [2.45, 2.75) is 20.3 Å². The maximum atomic E-state index is 12.9. The highest BCUT2D eigenvalue weighted by molar-refractivity contribution is 5.95. The van der Waals surface area contributed by atoms with Crippen LogP contribution in [0, 0.1) is 5.92 Å². The summed E-state index contributed by atoms with van der Waals surface area (Å²) in [7, 11) is 1.61. The first-order valence-corrected chi connectivity index (χ1v) is 9.89. The summed E-state index contributed by atoms with van der Waals surface area (Å²) in [5, 5.41) is 0. The van der Waals surface area contributed by atoms with Gasteiger partial charge in [0.05, 0.1) is 13.7 Å². The van der Waals surface area contributed by atoms with E-state index in [1.54, 1.807) is 13.2 Å². The number of piperazine rings is 1. The van der Waals surface area contributed by atoms with Crippen LogP contribution in [0.15, 0.2) is 42.7 Å². The predicted molar refractivity (Wildman–Crippen MR) is 109 cm³/mol. The van der Waals surface area contributed by atoms with E-state index in [2.05, 4.69) is 35.9 Å². The molecule has 1 aromatic carbocycles. The number of aromatic nitrogens is 1. The average molecular weight is 385 g/mol. The molecule has 1 aliphatic rings. The van der Waals surface area contributed by atoms with Crippen LogP contribution in [0.4, 0.5) is 5.69 Å². The van der Waals surface area contributed by atoms with Crippen LogP contribution >= 0.6 is 0 Å². The van der Waals surface area contributed by atoms with Gasteiger partial charge in [-0.15, -0.1) is 0 Å². The molecule has 0 radical (unpaired) electrons. The van der Waals surface area contributed by atoms with Crippen molar-refractivity contribution >= 4 is 11.6 Å². The summed E-state index contributed by atoms with van der Waals surface area (Å²) < 4.78 is 11.3. The van der Waals surface area contributed by atoms with E-state index in [0.29, 0.717) is 42.7 Å². The van der Waals surface area contributed by atoms with Crippen LogP contribution in [-0.2, 0) is 0 Å². The van der Waals surface area contributed by atoms with Gasteiger partial charge >= 0.3 is 0 Å². The number of carbonyl (C=O) groups is 1. The minimum absolute atomic E-state index is 0.0353. The van der Waals surface area contributed by atoms with Crippen LogP contribution in [0.3, 0.4) is 0 Å². The molecule has 1 fully saturated rings. The number of anilines is 1. The summed E-state index contributed by atoms with van der Waals surface area (Å²) in [4.78, 5) is 20.2. The summed E-state index contributed by atoms with van der Waals surface area (Å²) in [5.74, 6) is 1.91. The summed E-state index contributed by atoms with van der Waals surface area (Å²) in [5.41, 5.74) is 1.81. The fourth-order valence-corrected chi connectivity index (χ4v) is 3.26. The Hall–Kier alpha value is -2.76. The van der Waals surface area contributed by atoms with Crippen molar-refractivity contribution in [1.82, 2.24) is 4.90 Å². The van der Waals surface area contributed by atoms with Crippen LogP contribution < -0.4 is 19.4 Å². The zero-order chi connectivity index (χ0) is 19.9. The molecule has 0 atom stereocenters. The lowest BCUT2D eigenvalue weighted by Crippen LogP contribution is -2.48. The molecule has 2 aromatic rings. The Labute approximate surface area is 167 Å². The fourth-order valence-electron chi connectivity index (χ4n) is 3.26. The Morgan fingerprint density at radius 2 is 1.79 bits per heavy atom. The van der Waals surface area contributed by atoms with Gasteiger partial charge in [0.15, 0.2) is 23.9 Å². The van der Waals surface area contributed by atoms with E-state index in [-0.39, 0.29) is 5.91 Å². The molecule has 0 saturated carbocycles. The Morgan fingerprint density at radius 1 is 1.07 bits per heavy atom. The highest BCUT2D eigenvalue weighted by atomic mass is 16.5. The number of methoxy groups -OCH3 is 1. The number of amides is 1. The number of carbonyl (C=O) groups excluding carboxylic acids is 1. The third kappa shape index (κ3) is 4.94. The van der Waals surface area contributed by atoms with Gasteiger partial charge in [0, 0.05) is 49.6 Å². The second-order valence-corrected chi connectivity index (χ2v) is 7.43. The van der Waals surface area contributed by atoms with E-state index < -0.39 is 0 Å². The Balaban J connectivity index is 1.61. The third-order valence-electron chi connectivity index (χ3n) is 5.00. The molecule has 1 aliphatic heterocycles. The van der Waals surface area contributed by atoms with E-state index in [1.165, 1.54) is 5.69 Å². The lowest BCUT2D eigenvalue weighted by molar-refractivity contribution is -0.377. The zero-order valence-corrected chi connectivity index (χ0v) is 17.0. The number of hydrogen-bond donors (Lipinski definition) is 0. The minimum Gasteiger partial charge on any atom is -0.493 e. The molecule has 1 aromatic heterocycles. The van der Waals surface area contributed by atoms with Crippen molar-refractivity contribution < 1.29 is 19.3 Å². The second-order valence-electron chi connectivity index (χ2n) is 7.43. The number of rotatable bonds is 7. The van der Waals surface area contributed by atoms with E-state index in [0.717, 1.165) is 19.5 Å². The van der Waals surface area contributed by atoms with E-state index in [4.69, 9.17) is 9.47 Å². The number of aromatic amines is 1. The standard InChI is InChI=1S/C22H29N3O3/c1-17(2)8-15-28-20-5-4-18(16-21(20)27-3)22(26)25-13-11-24(12-14-25)19-6-9-23-10-7-19/h4-7,9-10,16-17H,8,11-15H2,1-3H3/p+1. The normalized spacial score (nSPS) is 14.3. The van der Waals surface area contributed by atoms with E-state index in [9.17, 15) is 4.79 Å². The number of ether oxygens (including phenoxy) is 2. The lowest BCUT2D eigenvalue weighted by Gasteiger charge is -2.35. The molecular formula is C22H30N3O3+. The first-order valence-electron chi connectivity index (χ1n) is 9.89. The molecule has 3 rings (SSSR count). The molecule has 0 aliphatic carbocycles. The number of nitrogens with zero attached hydrogens (tertiary/aromatic N) is 2. The minimum atomic E-state index is 0.0353. The third-order valence-corrected chi connectivity index (χ3v) is 5.00. The van der Waals surface area contributed by atoms with Gasteiger partial charge in [0.1, 0.15) is 0 Å². The van der Waals surface area contributed by atoms with E-state index >= 15 is 0 Å². The molecule has 0 unspecified atom stereocenters. The smallest absolute Gasteiger partial charge is 0.254 e. The molecule has 150 valence electrons. The number of hydrogen-bond acceptors (Lipinski definition) is 4. The first-order chi connectivity index (χ1) is 13.6. The highest BCUT2D eigenvalue weighted by Gasteiger charge is 2.23. The van der Waals surface area contributed by atoms with Gasteiger partial charge in [-0.05, 0) is 30.5 Å². The van der Waals surface area contributed by atoms with Crippen molar-refractivity contribution in [2.24, 2.45) is 5.92 Å². The number of nitrogens with one attached hydrogen (secondary N) is 1. The summed E-state index contributed by atoms with van der Waals surface area (Å²) in [6.07, 6.45) is 4.82. The topological polar surface area (TPSA) is 56.2 Å². The van der Waals surface area contributed by atoms with Crippen LogP contribution in [-0.4, -0.2) is 50.7 Å². The number of benzene rings is 1. The Bertz CT molecular complexity index is 772. The summed E-state index contributed by atoms with van der Waals surface area (Å²) >= 11 is 0. The Morgan fingerprint density at radius 3 is 2.43 bits per heavy atom. The molecule has 6 nitrogen and oxygen atoms in total. The van der Waals surface area contributed by atoms with Crippen molar-refractivity contribution in [3.8, 4) is 11.5 Å². The van der Waals surface area contributed by atoms with Crippen molar-refractivity contribution in [2.75, 3.05) is 44.8 Å². The second kappa shape index (κ2) is 9.44. The van der Waals surface area contributed by atoms with Crippen LogP contribution in [0.1, 0.15) is 30.6 Å². The van der Waals surface area contributed by atoms with Crippen LogP contribution in [0.5, 0.6) is 11.5 Å². The lowest BCUT2D eigenvalue weighted by atomic mass is 10.1. The molecule has 2 heterocycles. The molecule has 1 saturated heterocycles. The van der Waals surface area contributed by atoms with Gasteiger partial charge in [-0.1, -0.05) is 13.8 Å². The molecule has 1 amide bonds. The highest BCUT2D eigenvalue weighted by Crippen LogP contribution is 2.29. The molecule has 0 bridgehead atoms.